The minimum atomic E-state index is 0.110. The summed E-state index contributed by atoms with van der Waals surface area (Å²) in [5.74, 6) is 0. The van der Waals surface area contributed by atoms with E-state index in [2.05, 4.69) is 48.5 Å². The molecule has 0 spiro atoms. The molecule has 16 heavy (non-hydrogen) atoms. The van der Waals surface area contributed by atoms with Crippen LogP contribution in [0.15, 0.2) is 42.6 Å². The van der Waals surface area contributed by atoms with E-state index in [-0.39, 0.29) is 6.04 Å². The van der Waals surface area contributed by atoms with Gasteiger partial charge in [-0.05, 0) is 24.5 Å². The third-order valence-corrected chi connectivity index (χ3v) is 2.75. The number of H-pyrrole nitrogens is 1. The average molecular weight is 214 g/mol. The Kier molecular flexibility index (Phi) is 3.42. The summed E-state index contributed by atoms with van der Waals surface area (Å²) in [7, 11) is 0. The molecule has 1 unspecified atom stereocenters. The molecule has 1 heterocycles. The molecule has 2 nitrogen and oxygen atoms in total. The lowest BCUT2D eigenvalue weighted by atomic mass is 10.1. The molecule has 0 aliphatic heterocycles. The summed E-state index contributed by atoms with van der Waals surface area (Å²) in [6.07, 6.45) is 8.20. The van der Waals surface area contributed by atoms with Crippen LogP contribution in [0.4, 0.5) is 0 Å². The average Bonchev–Trinajstić information content (AvgIpc) is 2.70. The highest BCUT2D eigenvalue weighted by Gasteiger charge is 2.05. The highest BCUT2D eigenvalue weighted by molar-refractivity contribution is 5.83. The number of allylic oxidation sites excluding steroid dienone is 1. The van der Waals surface area contributed by atoms with Crippen molar-refractivity contribution in [2.24, 2.45) is 5.73 Å². The smallest absolute Gasteiger partial charge is 0.0456 e. The van der Waals surface area contributed by atoms with Crippen molar-refractivity contribution >= 4 is 10.9 Å². The number of hydrogen-bond acceptors (Lipinski definition) is 1. The minimum absolute atomic E-state index is 0.110. The zero-order valence-electron chi connectivity index (χ0n) is 9.61. The van der Waals surface area contributed by atoms with Gasteiger partial charge in [-0.15, -0.1) is 0 Å². The maximum atomic E-state index is 6.04. The number of aromatic nitrogens is 1. The molecule has 0 bridgehead atoms. The van der Waals surface area contributed by atoms with Gasteiger partial charge in [0.1, 0.15) is 0 Å². The molecular weight excluding hydrogens is 196 g/mol. The summed E-state index contributed by atoms with van der Waals surface area (Å²) in [6.45, 7) is 2.12. The first-order valence-electron chi connectivity index (χ1n) is 5.78. The van der Waals surface area contributed by atoms with Crippen molar-refractivity contribution in [3.05, 3.63) is 48.2 Å². The normalized spacial score (nSPS) is 13.6. The molecule has 3 N–H and O–H groups in total. The van der Waals surface area contributed by atoms with E-state index >= 15 is 0 Å². The van der Waals surface area contributed by atoms with Gasteiger partial charge in [0, 0.05) is 23.1 Å². The maximum absolute atomic E-state index is 6.04. The first-order chi connectivity index (χ1) is 7.81. The van der Waals surface area contributed by atoms with Gasteiger partial charge in [0.2, 0.25) is 0 Å². The predicted octanol–water partition coefficient (Wildman–Crippen LogP) is 3.00. The Labute approximate surface area is 96.2 Å². The van der Waals surface area contributed by atoms with Crippen LogP contribution >= 0.6 is 0 Å². The second-order valence-electron chi connectivity index (χ2n) is 4.06. The Morgan fingerprint density at radius 1 is 1.38 bits per heavy atom. The second kappa shape index (κ2) is 4.99. The molecule has 0 radical (unpaired) electrons. The second-order valence-corrected chi connectivity index (χ2v) is 4.06. The fourth-order valence-electron chi connectivity index (χ4n) is 1.93. The lowest BCUT2D eigenvalue weighted by molar-refractivity contribution is 0.810. The zero-order valence-corrected chi connectivity index (χ0v) is 9.61. The first-order valence-corrected chi connectivity index (χ1v) is 5.78. The lowest BCUT2D eigenvalue weighted by Gasteiger charge is -2.05. The number of fused-ring (bicyclic) bond motifs is 1. The van der Waals surface area contributed by atoms with E-state index in [9.17, 15) is 0 Å². The number of hydrogen-bond donors (Lipinski definition) is 2. The Hall–Kier alpha value is -1.54. The van der Waals surface area contributed by atoms with Crippen LogP contribution < -0.4 is 5.73 Å². The van der Waals surface area contributed by atoms with E-state index in [1.54, 1.807) is 0 Å². The highest BCUT2D eigenvalue weighted by Crippen LogP contribution is 2.18. The van der Waals surface area contributed by atoms with E-state index in [1.165, 1.54) is 16.5 Å². The molecule has 1 atom stereocenters. The third-order valence-electron chi connectivity index (χ3n) is 2.75. The van der Waals surface area contributed by atoms with Gasteiger partial charge in [0.15, 0.2) is 0 Å². The van der Waals surface area contributed by atoms with Crippen LogP contribution in [0.5, 0.6) is 0 Å². The van der Waals surface area contributed by atoms with Gasteiger partial charge in [0.05, 0.1) is 0 Å². The van der Waals surface area contributed by atoms with Crippen molar-refractivity contribution in [2.75, 3.05) is 0 Å². The Morgan fingerprint density at radius 2 is 2.19 bits per heavy atom. The Morgan fingerprint density at radius 3 is 3.00 bits per heavy atom. The molecule has 0 saturated heterocycles. The summed E-state index contributed by atoms with van der Waals surface area (Å²) in [5, 5.41) is 1.28. The molecule has 0 saturated carbocycles. The number of aromatic amines is 1. The monoisotopic (exact) mass is 214 g/mol. The molecule has 0 amide bonds. The highest BCUT2D eigenvalue weighted by atomic mass is 14.7. The molecule has 2 aromatic rings. The fraction of sp³-hybridized carbons (Fsp3) is 0.286. The van der Waals surface area contributed by atoms with Crippen LogP contribution in [0.25, 0.3) is 10.9 Å². The summed E-state index contributed by atoms with van der Waals surface area (Å²) in [4.78, 5) is 3.27. The van der Waals surface area contributed by atoms with Crippen molar-refractivity contribution in [3.8, 4) is 0 Å². The van der Waals surface area contributed by atoms with Gasteiger partial charge in [-0.25, -0.2) is 0 Å². The van der Waals surface area contributed by atoms with Gasteiger partial charge < -0.3 is 10.7 Å². The van der Waals surface area contributed by atoms with E-state index in [4.69, 9.17) is 5.73 Å². The molecule has 2 rings (SSSR count). The Bertz CT molecular complexity index is 482. The van der Waals surface area contributed by atoms with Gasteiger partial charge in [-0.2, -0.15) is 0 Å². The van der Waals surface area contributed by atoms with Crippen LogP contribution in [0, 0.1) is 0 Å². The van der Waals surface area contributed by atoms with E-state index < -0.39 is 0 Å². The lowest BCUT2D eigenvalue weighted by Crippen LogP contribution is -2.19. The molecule has 1 aromatic carbocycles. The van der Waals surface area contributed by atoms with Crippen LogP contribution in [0.3, 0.4) is 0 Å². The summed E-state index contributed by atoms with van der Waals surface area (Å²) in [5.41, 5.74) is 8.52. The minimum Gasteiger partial charge on any atom is -0.361 e. The summed E-state index contributed by atoms with van der Waals surface area (Å²) in [6, 6.07) is 8.44. The van der Waals surface area contributed by atoms with Crippen LogP contribution in [-0.2, 0) is 6.42 Å². The maximum Gasteiger partial charge on any atom is 0.0456 e. The third kappa shape index (κ3) is 2.34. The standard InChI is InChI=1S/C14H18N2/c1-2-3-6-12(15)9-11-10-16-14-8-5-4-7-13(11)14/h3-8,10,12,16H,2,9,15H2,1H3/b6-3+. The van der Waals surface area contributed by atoms with E-state index in [0.717, 1.165) is 12.8 Å². The molecule has 0 aliphatic rings. The van der Waals surface area contributed by atoms with Crippen molar-refractivity contribution in [2.45, 2.75) is 25.8 Å². The summed E-state index contributed by atoms with van der Waals surface area (Å²) < 4.78 is 0. The van der Waals surface area contributed by atoms with Gasteiger partial charge in [0.25, 0.3) is 0 Å². The van der Waals surface area contributed by atoms with Crippen LogP contribution in [0.2, 0.25) is 0 Å². The Balaban J connectivity index is 2.18. The number of benzene rings is 1. The van der Waals surface area contributed by atoms with Gasteiger partial charge in [-0.1, -0.05) is 37.3 Å². The molecular formula is C14H18N2. The van der Waals surface area contributed by atoms with Crippen molar-refractivity contribution in [1.82, 2.24) is 4.98 Å². The van der Waals surface area contributed by atoms with Gasteiger partial charge >= 0.3 is 0 Å². The van der Waals surface area contributed by atoms with E-state index in [0.29, 0.717) is 0 Å². The van der Waals surface area contributed by atoms with Crippen molar-refractivity contribution in [3.63, 3.8) is 0 Å². The first kappa shape index (κ1) is 11.0. The number of nitrogens with two attached hydrogens (primary N) is 1. The number of rotatable bonds is 4. The predicted molar refractivity (Wildman–Crippen MR) is 69.4 cm³/mol. The summed E-state index contributed by atoms with van der Waals surface area (Å²) >= 11 is 0. The van der Waals surface area contributed by atoms with E-state index in [1.807, 2.05) is 6.07 Å². The molecule has 0 fully saturated rings. The topological polar surface area (TPSA) is 41.8 Å². The molecule has 0 aliphatic carbocycles. The van der Waals surface area contributed by atoms with Crippen LogP contribution in [0.1, 0.15) is 18.9 Å². The molecule has 1 aromatic heterocycles. The molecule has 84 valence electrons. The van der Waals surface area contributed by atoms with Crippen LogP contribution in [-0.4, -0.2) is 11.0 Å². The SMILES string of the molecule is CC/C=C/C(N)Cc1c[nH]c2ccccc12. The van der Waals surface area contributed by atoms with Crippen molar-refractivity contribution < 1.29 is 0 Å². The fourth-order valence-corrected chi connectivity index (χ4v) is 1.93. The largest absolute Gasteiger partial charge is 0.361 e. The van der Waals surface area contributed by atoms with Crippen molar-refractivity contribution in [1.29, 1.82) is 0 Å². The quantitative estimate of drug-likeness (QED) is 0.755. The van der Waals surface area contributed by atoms with Gasteiger partial charge in [-0.3, -0.25) is 0 Å². The molecule has 2 heteroatoms. The zero-order chi connectivity index (χ0) is 11.4. The number of para-hydroxylation sites is 1. The number of nitrogens with one attached hydrogen (secondary N) is 1.